The maximum absolute atomic E-state index is 14.1. The number of hydrogen-bond acceptors (Lipinski definition) is 15. The van der Waals surface area contributed by atoms with E-state index in [-0.39, 0.29) is 122 Å². The highest BCUT2D eigenvalue weighted by Crippen LogP contribution is 2.43. The Kier molecular flexibility index (Phi) is 18.7. The number of fused-ring (bicyclic) bond motifs is 4. The fraction of sp³-hybridized carbons (Fsp3) is 0.463. The van der Waals surface area contributed by atoms with Crippen LogP contribution in [0.25, 0.3) is 0 Å². The quantitative estimate of drug-likeness (QED) is 0.0674. The third-order valence-electron chi connectivity index (χ3n) is 13.5. The summed E-state index contributed by atoms with van der Waals surface area (Å²) in [6.07, 6.45) is -2.75. The van der Waals surface area contributed by atoms with Crippen LogP contribution < -0.4 is 44.7 Å². The number of ether oxygens (including phenoxy) is 7. The number of anilines is 3. The van der Waals surface area contributed by atoms with Crippen molar-refractivity contribution in [3.05, 3.63) is 89.5 Å². The average molecular weight is 1070 g/mol. The molecule has 0 aromatic heterocycles. The van der Waals surface area contributed by atoms with E-state index in [9.17, 15) is 43.8 Å². The van der Waals surface area contributed by atoms with Crippen molar-refractivity contribution >= 4 is 58.8 Å². The van der Waals surface area contributed by atoms with Gasteiger partial charge in [0.25, 0.3) is 11.8 Å². The number of benzene rings is 3. The van der Waals surface area contributed by atoms with E-state index >= 15 is 0 Å². The van der Waals surface area contributed by atoms with Gasteiger partial charge in [0.1, 0.15) is 18.7 Å². The van der Waals surface area contributed by atoms with Gasteiger partial charge in [-0.15, -0.1) is 0 Å². The average Bonchev–Trinajstić information content (AvgIpc) is 3.99. The van der Waals surface area contributed by atoms with Crippen molar-refractivity contribution in [3.63, 3.8) is 0 Å². The summed E-state index contributed by atoms with van der Waals surface area (Å²) in [7, 11) is 4.35. The van der Waals surface area contributed by atoms with Gasteiger partial charge < -0.3 is 69.1 Å². The Morgan fingerprint density at radius 2 is 1.35 bits per heavy atom. The summed E-state index contributed by atoms with van der Waals surface area (Å²) in [6.45, 7) is 14.5. The molecule has 4 aliphatic rings. The van der Waals surface area contributed by atoms with E-state index in [2.05, 4.69) is 29.1 Å². The summed E-state index contributed by atoms with van der Waals surface area (Å²) < 4.78 is 39.6. The Balaban J connectivity index is 0.977. The number of carbonyl (C=O) groups is 7. The zero-order valence-corrected chi connectivity index (χ0v) is 44.1. The molecule has 5 atom stereocenters. The lowest BCUT2D eigenvalue weighted by Gasteiger charge is -2.30. The molecule has 77 heavy (non-hydrogen) atoms. The normalized spacial score (nSPS) is 18.5. The number of carbonyl (C=O) groups excluding carboxylic acids is 6. The molecule has 2 fully saturated rings. The number of nitrogens with zero attached hydrogens (tertiary/aromatic N) is 4. The molecule has 7 rings (SSSR count). The second-order valence-electron chi connectivity index (χ2n) is 19.4. The van der Waals surface area contributed by atoms with Gasteiger partial charge in [0.2, 0.25) is 17.7 Å². The van der Waals surface area contributed by atoms with E-state index in [1.165, 1.54) is 49.1 Å². The van der Waals surface area contributed by atoms with E-state index < -0.39 is 60.3 Å². The van der Waals surface area contributed by atoms with Gasteiger partial charge in [0.15, 0.2) is 29.2 Å². The van der Waals surface area contributed by atoms with Crippen LogP contribution in [0.3, 0.4) is 0 Å². The molecule has 4 heterocycles. The van der Waals surface area contributed by atoms with Crippen LogP contribution in [0.2, 0.25) is 0 Å². The Morgan fingerprint density at radius 1 is 0.740 bits per heavy atom. The third-order valence-corrected chi connectivity index (χ3v) is 13.5. The Bertz CT molecular complexity index is 2750. The number of aliphatic hydroxyl groups excluding tert-OH is 1. The van der Waals surface area contributed by atoms with E-state index in [4.69, 9.17) is 33.2 Å². The lowest BCUT2D eigenvalue weighted by molar-refractivity contribution is -0.132. The Hall–Kier alpha value is -7.89. The summed E-state index contributed by atoms with van der Waals surface area (Å²) in [6, 6.07) is 9.31. The lowest BCUT2D eigenvalue weighted by Crippen LogP contribution is -2.53. The molecule has 0 radical (unpaired) electrons. The van der Waals surface area contributed by atoms with Gasteiger partial charge in [-0.25, -0.2) is 14.5 Å². The minimum absolute atomic E-state index is 0.0139. The predicted octanol–water partition coefficient (Wildman–Crippen LogP) is 4.70. The molecule has 414 valence electrons. The number of nitrogens with one attached hydrogen (secondary N) is 3. The number of methoxy groups -OCH3 is 3. The SMILES string of the molecule is C=C1C[C@H]2CN(C(=O)OCc3ccc(NC(=O)[C@H](C)NC(=O)[C@@H](NC(=O)CCOCCOC)C(C)C)cc3)c3cc(OCCCOc4cc5c(cc4OC)C(=O)N4CC(=C)C[C@H]4[C@H](O)N5C(=O)O)c(OC)cc3C(=O)N2C1. The van der Waals surface area contributed by atoms with Crippen molar-refractivity contribution in [2.24, 2.45) is 5.92 Å². The molecule has 2 saturated heterocycles. The summed E-state index contributed by atoms with van der Waals surface area (Å²) >= 11 is 0. The molecule has 0 saturated carbocycles. The highest BCUT2D eigenvalue weighted by atomic mass is 16.6. The van der Waals surface area contributed by atoms with Crippen molar-refractivity contribution in [2.75, 3.05) is 89.1 Å². The molecule has 0 unspecified atom stereocenters. The first-order valence-electron chi connectivity index (χ1n) is 25.2. The van der Waals surface area contributed by atoms with E-state index in [0.29, 0.717) is 43.0 Å². The van der Waals surface area contributed by atoms with Crippen LogP contribution in [0.4, 0.5) is 26.7 Å². The van der Waals surface area contributed by atoms with E-state index in [1.807, 2.05) is 0 Å². The molecule has 23 nitrogen and oxygen atoms in total. The van der Waals surface area contributed by atoms with Crippen LogP contribution in [0.5, 0.6) is 23.0 Å². The molecule has 0 bridgehead atoms. The first kappa shape index (κ1) is 56.8. The first-order chi connectivity index (χ1) is 36.8. The van der Waals surface area contributed by atoms with Crippen molar-refractivity contribution in [1.29, 1.82) is 0 Å². The predicted molar refractivity (Wildman–Crippen MR) is 280 cm³/mol. The second-order valence-corrected chi connectivity index (χ2v) is 19.4. The Labute approximate surface area is 445 Å². The van der Waals surface area contributed by atoms with Gasteiger partial charge in [-0.05, 0) is 55.5 Å². The molecule has 3 aromatic carbocycles. The molecule has 4 aliphatic heterocycles. The number of carboxylic acid groups (broad SMARTS) is 1. The van der Waals surface area contributed by atoms with E-state index in [0.717, 1.165) is 10.5 Å². The topological polar surface area (TPSA) is 274 Å². The van der Waals surface area contributed by atoms with Crippen molar-refractivity contribution in [1.82, 2.24) is 20.4 Å². The van der Waals surface area contributed by atoms with Gasteiger partial charge in [-0.3, -0.25) is 28.9 Å². The van der Waals surface area contributed by atoms with Crippen LogP contribution in [-0.2, 0) is 35.2 Å². The van der Waals surface area contributed by atoms with Gasteiger partial charge in [-0.2, -0.15) is 0 Å². The third kappa shape index (κ3) is 13.2. The lowest BCUT2D eigenvalue weighted by atomic mass is 10.0. The molecule has 3 aromatic rings. The smallest absolute Gasteiger partial charge is 0.414 e. The largest absolute Gasteiger partial charge is 0.493 e. The van der Waals surface area contributed by atoms with Gasteiger partial charge >= 0.3 is 12.2 Å². The number of aliphatic hydroxyl groups is 1. The molecule has 23 heteroatoms. The maximum atomic E-state index is 14.1. The second kappa shape index (κ2) is 25.3. The summed E-state index contributed by atoms with van der Waals surface area (Å²) in [5.41, 5.74) is 2.88. The molecular formula is C54H67N7O16. The van der Waals surface area contributed by atoms with Gasteiger partial charge in [-0.1, -0.05) is 50.3 Å². The number of amides is 7. The molecule has 0 aliphatic carbocycles. The monoisotopic (exact) mass is 1070 g/mol. The highest BCUT2D eigenvalue weighted by Gasteiger charge is 2.46. The number of rotatable bonds is 22. The minimum atomic E-state index is -1.57. The van der Waals surface area contributed by atoms with Gasteiger partial charge in [0.05, 0.1) is 88.4 Å². The molecule has 0 spiro atoms. The van der Waals surface area contributed by atoms with Crippen LogP contribution in [0, 0.1) is 5.92 Å². The van der Waals surface area contributed by atoms with Crippen molar-refractivity contribution in [3.8, 4) is 23.0 Å². The molecular weight excluding hydrogens is 1000 g/mol. The summed E-state index contributed by atoms with van der Waals surface area (Å²) in [4.78, 5) is 98.5. The summed E-state index contributed by atoms with van der Waals surface area (Å²) in [5.74, 6) is -1.75. The zero-order valence-electron chi connectivity index (χ0n) is 44.1. The summed E-state index contributed by atoms with van der Waals surface area (Å²) in [5, 5.41) is 29.6. The molecule has 5 N–H and O–H groups in total. The number of hydrogen-bond donors (Lipinski definition) is 5. The molecule has 7 amide bonds. The fourth-order valence-corrected chi connectivity index (χ4v) is 9.47. The zero-order chi connectivity index (χ0) is 55.7. The fourth-order valence-electron chi connectivity index (χ4n) is 9.47. The van der Waals surface area contributed by atoms with Crippen molar-refractivity contribution < 1.29 is 76.9 Å². The van der Waals surface area contributed by atoms with Crippen LogP contribution in [0.1, 0.15) is 72.7 Å². The highest BCUT2D eigenvalue weighted by molar-refractivity contribution is 6.07. The standard InChI is InChI=1S/C54H67N7O16/c1-30(2)47(57-46(62)14-17-74-19-18-71-6)49(64)55-33(5)48(63)56-35-12-10-34(11-13-35)29-77-54(70)60-28-36-20-31(3)26-58(36)50(65)37-22-42(72-7)44(24-39(37)60)75-15-9-16-76-45-25-40-38(23-43(45)73-8)51(66)59-27-32(4)21-41(59)52(67)61(40)53(68)69/h10-13,22-25,30,33,36,41,47,52,67H,3-4,9,14-21,26-29H2,1-2,5-8H3,(H,55,64)(H,56,63)(H,57,62)(H,68,69)/t33-,36-,41-,47-,52-/m0/s1. The Morgan fingerprint density at radius 3 is 1.97 bits per heavy atom. The van der Waals surface area contributed by atoms with E-state index in [1.54, 1.807) is 56.2 Å². The minimum Gasteiger partial charge on any atom is -0.493 e. The van der Waals surface area contributed by atoms with Crippen LogP contribution in [0.15, 0.2) is 72.8 Å². The van der Waals surface area contributed by atoms with Crippen molar-refractivity contribution in [2.45, 2.75) is 83.5 Å². The first-order valence-corrected chi connectivity index (χ1v) is 25.2. The van der Waals surface area contributed by atoms with Gasteiger partial charge in [0, 0.05) is 50.9 Å². The van der Waals surface area contributed by atoms with Crippen LogP contribution >= 0.6 is 0 Å². The maximum Gasteiger partial charge on any atom is 0.414 e. The van der Waals surface area contributed by atoms with Crippen LogP contribution in [-0.4, -0.2) is 166 Å².